The Bertz CT molecular complexity index is 861. The number of piperidine rings is 1. The van der Waals surface area contributed by atoms with Gasteiger partial charge in [0.2, 0.25) is 0 Å². The molecule has 0 bridgehead atoms. The molecule has 1 aliphatic heterocycles. The molecule has 2 aromatic rings. The highest BCUT2D eigenvalue weighted by atomic mass is 32.2. The number of hydrogen-bond acceptors (Lipinski definition) is 4. The van der Waals surface area contributed by atoms with E-state index in [9.17, 15) is 8.42 Å². The summed E-state index contributed by atoms with van der Waals surface area (Å²) in [5, 5.41) is 0. The molecule has 0 amide bonds. The van der Waals surface area contributed by atoms with Gasteiger partial charge in [-0.25, -0.2) is 13.4 Å². The lowest BCUT2D eigenvalue weighted by molar-refractivity contribution is 0.438. The van der Waals surface area contributed by atoms with Crippen molar-refractivity contribution in [2.75, 3.05) is 22.7 Å². The third-order valence-corrected chi connectivity index (χ3v) is 6.67. The molecular formula is C20H27N3O2S. The third kappa shape index (κ3) is 4.01. The standard InChI is InChI=1S/C20H27N3O2S/c1-14-7-9-23(10-8-14)18-5-6-19(21-13-18)22-26(24,25)20-16(3)11-15(2)12-17(20)4/h5-6,11-14H,7-10H2,1-4H3,(H,21,22). The van der Waals surface area contributed by atoms with Crippen molar-refractivity contribution < 1.29 is 8.42 Å². The molecule has 6 heteroatoms. The fourth-order valence-corrected chi connectivity index (χ4v) is 5.14. The van der Waals surface area contributed by atoms with Gasteiger partial charge in [0.05, 0.1) is 16.8 Å². The monoisotopic (exact) mass is 373 g/mol. The number of anilines is 2. The van der Waals surface area contributed by atoms with Gasteiger partial charge in [0.1, 0.15) is 5.82 Å². The zero-order valence-electron chi connectivity index (χ0n) is 15.9. The van der Waals surface area contributed by atoms with Gasteiger partial charge >= 0.3 is 0 Å². The Morgan fingerprint density at radius 3 is 2.23 bits per heavy atom. The van der Waals surface area contributed by atoms with Crippen LogP contribution in [-0.2, 0) is 10.0 Å². The van der Waals surface area contributed by atoms with E-state index in [0.29, 0.717) is 10.7 Å². The summed E-state index contributed by atoms with van der Waals surface area (Å²) in [7, 11) is -3.66. The molecule has 3 rings (SSSR count). The van der Waals surface area contributed by atoms with Crippen LogP contribution in [-0.4, -0.2) is 26.5 Å². The van der Waals surface area contributed by atoms with E-state index >= 15 is 0 Å². The van der Waals surface area contributed by atoms with Crippen LogP contribution in [0.15, 0.2) is 35.4 Å². The van der Waals surface area contributed by atoms with Gasteiger partial charge in [-0.1, -0.05) is 24.6 Å². The lowest BCUT2D eigenvalue weighted by Crippen LogP contribution is -2.32. The van der Waals surface area contributed by atoms with Crippen LogP contribution in [0.3, 0.4) is 0 Å². The number of hydrogen-bond donors (Lipinski definition) is 1. The number of aryl methyl sites for hydroxylation is 3. The van der Waals surface area contributed by atoms with Gasteiger partial charge in [-0.05, 0) is 62.8 Å². The largest absolute Gasteiger partial charge is 0.370 e. The molecule has 0 unspecified atom stereocenters. The minimum absolute atomic E-state index is 0.332. The second kappa shape index (κ2) is 7.27. The van der Waals surface area contributed by atoms with Gasteiger partial charge in [0, 0.05) is 13.1 Å². The Kier molecular flexibility index (Phi) is 5.23. The van der Waals surface area contributed by atoms with Gasteiger partial charge in [-0.15, -0.1) is 0 Å². The van der Waals surface area contributed by atoms with E-state index in [2.05, 4.69) is 21.5 Å². The first-order chi connectivity index (χ1) is 12.3. The Morgan fingerprint density at radius 2 is 1.69 bits per heavy atom. The minimum Gasteiger partial charge on any atom is -0.370 e. The molecule has 26 heavy (non-hydrogen) atoms. The van der Waals surface area contributed by atoms with Crippen molar-refractivity contribution in [3.8, 4) is 0 Å². The van der Waals surface area contributed by atoms with Gasteiger partial charge in [0.25, 0.3) is 10.0 Å². The van der Waals surface area contributed by atoms with Crippen LogP contribution in [0.5, 0.6) is 0 Å². The normalized spacial score (nSPS) is 15.9. The predicted octanol–water partition coefficient (Wildman–Crippen LogP) is 4.04. The molecule has 0 atom stereocenters. The van der Waals surface area contributed by atoms with Gasteiger partial charge in [0.15, 0.2) is 0 Å². The van der Waals surface area contributed by atoms with E-state index in [4.69, 9.17) is 0 Å². The van der Waals surface area contributed by atoms with E-state index < -0.39 is 10.0 Å². The number of sulfonamides is 1. The van der Waals surface area contributed by atoms with Crippen LogP contribution < -0.4 is 9.62 Å². The first-order valence-electron chi connectivity index (χ1n) is 9.08. The maximum absolute atomic E-state index is 12.8. The van der Waals surface area contributed by atoms with Crippen molar-refractivity contribution in [3.05, 3.63) is 47.2 Å². The second-order valence-corrected chi connectivity index (χ2v) is 9.02. The van der Waals surface area contributed by atoms with E-state index in [-0.39, 0.29) is 0 Å². The van der Waals surface area contributed by atoms with Crippen molar-refractivity contribution >= 4 is 21.5 Å². The maximum Gasteiger partial charge on any atom is 0.263 e. The summed E-state index contributed by atoms with van der Waals surface area (Å²) >= 11 is 0. The number of rotatable bonds is 4. The first-order valence-corrected chi connectivity index (χ1v) is 10.6. The smallest absolute Gasteiger partial charge is 0.263 e. The van der Waals surface area contributed by atoms with Crippen LogP contribution in [0.1, 0.15) is 36.5 Å². The molecule has 1 fully saturated rings. The maximum atomic E-state index is 12.8. The summed E-state index contributed by atoms with van der Waals surface area (Å²) in [6.07, 6.45) is 4.11. The molecule has 1 aromatic heterocycles. The molecule has 0 spiro atoms. The summed E-state index contributed by atoms with van der Waals surface area (Å²) in [6.45, 7) is 9.93. The number of benzene rings is 1. The Labute approximate surface area is 156 Å². The Hall–Kier alpha value is -2.08. The van der Waals surface area contributed by atoms with Crippen LogP contribution in [0.25, 0.3) is 0 Å². The molecule has 2 heterocycles. The topological polar surface area (TPSA) is 62.3 Å². The van der Waals surface area contributed by atoms with Crippen LogP contribution in [0.4, 0.5) is 11.5 Å². The van der Waals surface area contributed by atoms with Crippen LogP contribution in [0.2, 0.25) is 0 Å². The van der Waals surface area contributed by atoms with Gasteiger partial charge in [-0.2, -0.15) is 0 Å². The molecule has 5 nitrogen and oxygen atoms in total. The second-order valence-electron chi connectivity index (χ2n) is 7.40. The average Bonchev–Trinajstić information content (AvgIpc) is 2.54. The highest BCUT2D eigenvalue weighted by Gasteiger charge is 2.21. The Morgan fingerprint density at radius 1 is 1.08 bits per heavy atom. The van der Waals surface area contributed by atoms with Crippen molar-refractivity contribution in [1.29, 1.82) is 0 Å². The molecule has 0 saturated carbocycles. The highest BCUT2D eigenvalue weighted by Crippen LogP contribution is 2.26. The molecule has 1 aromatic carbocycles. The molecule has 1 aliphatic rings. The van der Waals surface area contributed by atoms with E-state index in [1.54, 1.807) is 12.3 Å². The lowest BCUT2D eigenvalue weighted by atomic mass is 9.99. The number of aromatic nitrogens is 1. The van der Waals surface area contributed by atoms with E-state index in [1.807, 2.05) is 39.0 Å². The molecule has 1 N–H and O–H groups in total. The number of nitrogens with zero attached hydrogens (tertiary/aromatic N) is 2. The number of nitrogens with one attached hydrogen (secondary N) is 1. The quantitative estimate of drug-likeness (QED) is 0.878. The molecule has 1 saturated heterocycles. The molecule has 0 aliphatic carbocycles. The van der Waals surface area contributed by atoms with Crippen LogP contribution >= 0.6 is 0 Å². The van der Waals surface area contributed by atoms with Crippen molar-refractivity contribution in [1.82, 2.24) is 4.98 Å². The zero-order chi connectivity index (χ0) is 18.9. The third-order valence-electron chi connectivity index (χ3n) is 5.01. The van der Waals surface area contributed by atoms with Crippen molar-refractivity contribution in [2.45, 2.75) is 45.4 Å². The van der Waals surface area contributed by atoms with Crippen LogP contribution in [0, 0.1) is 26.7 Å². The van der Waals surface area contributed by atoms with E-state index in [0.717, 1.165) is 41.4 Å². The number of pyridine rings is 1. The summed E-state index contributed by atoms with van der Waals surface area (Å²) in [4.78, 5) is 6.97. The summed E-state index contributed by atoms with van der Waals surface area (Å²) < 4.78 is 28.2. The van der Waals surface area contributed by atoms with Gasteiger partial charge < -0.3 is 4.90 Å². The Balaban J connectivity index is 1.78. The fraction of sp³-hybridized carbons (Fsp3) is 0.450. The predicted molar refractivity (Wildman–Crippen MR) is 106 cm³/mol. The zero-order valence-corrected chi connectivity index (χ0v) is 16.7. The van der Waals surface area contributed by atoms with Crippen molar-refractivity contribution in [2.24, 2.45) is 5.92 Å². The highest BCUT2D eigenvalue weighted by molar-refractivity contribution is 7.92. The average molecular weight is 374 g/mol. The van der Waals surface area contributed by atoms with E-state index in [1.165, 1.54) is 12.8 Å². The lowest BCUT2D eigenvalue weighted by Gasteiger charge is -2.31. The minimum atomic E-state index is -3.66. The first kappa shape index (κ1) is 18.7. The molecular weight excluding hydrogens is 346 g/mol. The SMILES string of the molecule is Cc1cc(C)c(S(=O)(=O)Nc2ccc(N3CCC(C)CC3)cn2)c(C)c1. The molecule has 0 radical (unpaired) electrons. The van der Waals surface area contributed by atoms with Crippen molar-refractivity contribution in [3.63, 3.8) is 0 Å². The summed E-state index contributed by atoms with van der Waals surface area (Å²) in [6, 6.07) is 7.45. The van der Waals surface area contributed by atoms with Gasteiger partial charge in [-0.3, -0.25) is 4.72 Å². The summed E-state index contributed by atoms with van der Waals surface area (Å²) in [5.74, 6) is 1.12. The molecule has 140 valence electrons. The fourth-order valence-electron chi connectivity index (χ4n) is 3.68. The summed E-state index contributed by atoms with van der Waals surface area (Å²) in [5.41, 5.74) is 3.59.